The standard InChI is InChI=1S/C14H9ClN2O2S/c15-9-4-1-3-8(7-9)11-12(10-5-2-6-20-10)14(19)17-16-13(11)18/h1-7H,(H,16,18)(H,17,19). The molecular formula is C14H9ClN2O2S. The van der Waals surface area contributed by atoms with Crippen LogP contribution in [0.5, 0.6) is 0 Å². The molecule has 2 heterocycles. The predicted molar refractivity (Wildman–Crippen MR) is 81.4 cm³/mol. The molecular weight excluding hydrogens is 296 g/mol. The zero-order valence-corrected chi connectivity index (χ0v) is 11.7. The fourth-order valence-corrected chi connectivity index (χ4v) is 3.00. The topological polar surface area (TPSA) is 65.7 Å². The van der Waals surface area contributed by atoms with Gasteiger partial charge in [0.25, 0.3) is 11.1 Å². The Balaban J connectivity index is 2.39. The van der Waals surface area contributed by atoms with E-state index in [0.717, 1.165) is 4.88 Å². The quantitative estimate of drug-likeness (QED) is 0.764. The summed E-state index contributed by atoms with van der Waals surface area (Å²) in [5.74, 6) is 0. The first kappa shape index (κ1) is 12.9. The third-order valence-corrected chi connectivity index (χ3v) is 4.00. The van der Waals surface area contributed by atoms with E-state index >= 15 is 0 Å². The maximum Gasteiger partial charge on any atom is 0.271 e. The maximum absolute atomic E-state index is 12.1. The van der Waals surface area contributed by atoms with Crippen LogP contribution in [0.3, 0.4) is 0 Å². The lowest BCUT2D eigenvalue weighted by molar-refractivity contribution is 0.959. The van der Waals surface area contributed by atoms with Gasteiger partial charge in [0.05, 0.1) is 11.1 Å². The molecule has 100 valence electrons. The SMILES string of the molecule is O=c1[nH][nH]c(=O)c(-c2cccs2)c1-c1cccc(Cl)c1. The second-order valence-corrected chi connectivity index (χ2v) is 5.53. The van der Waals surface area contributed by atoms with Gasteiger partial charge in [0, 0.05) is 9.90 Å². The molecule has 0 aliphatic heterocycles. The molecule has 0 aliphatic rings. The number of thiophene rings is 1. The number of hydrogen-bond donors (Lipinski definition) is 2. The van der Waals surface area contributed by atoms with Crippen LogP contribution in [0.4, 0.5) is 0 Å². The van der Waals surface area contributed by atoms with Crippen LogP contribution >= 0.6 is 22.9 Å². The van der Waals surface area contributed by atoms with Gasteiger partial charge in [-0.25, -0.2) is 0 Å². The lowest BCUT2D eigenvalue weighted by Gasteiger charge is -2.06. The van der Waals surface area contributed by atoms with Crippen molar-refractivity contribution in [1.82, 2.24) is 10.2 Å². The average Bonchev–Trinajstić information content (AvgIpc) is 2.94. The summed E-state index contributed by atoms with van der Waals surface area (Å²) in [6.45, 7) is 0. The molecule has 0 unspecified atom stereocenters. The summed E-state index contributed by atoms with van der Waals surface area (Å²) in [6.07, 6.45) is 0. The Labute approximate surface area is 122 Å². The molecule has 1 aromatic carbocycles. The Hall–Kier alpha value is -2.11. The molecule has 0 spiro atoms. The summed E-state index contributed by atoms with van der Waals surface area (Å²) in [5, 5.41) is 7.09. The molecule has 3 aromatic rings. The van der Waals surface area contributed by atoms with Crippen LogP contribution < -0.4 is 11.1 Å². The summed E-state index contributed by atoms with van der Waals surface area (Å²) in [4.78, 5) is 25.0. The van der Waals surface area contributed by atoms with E-state index in [4.69, 9.17) is 11.6 Å². The van der Waals surface area contributed by atoms with E-state index in [1.54, 1.807) is 24.3 Å². The van der Waals surface area contributed by atoms with E-state index in [1.165, 1.54) is 11.3 Å². The van der Waals surface area contributed by atoms with E-state index in [0.29, 0.717) is 21.7 Å². The number of aromatic amines is 2. The molecule has 0 fully saturated rings. The molecule has 0 aliphatic carbocycles. The highest BCUT2D eigenvalue weighted by Crippen LogP contribution is 2.30. The van der Waals surface area contributed by atoms with Crippen LogP contribution in [0.25, 0.3) is 21.6 Å². The largest absolute Gasteiger partial charge is 0.271 e. The van der Waals surface area contributed by atoms with Gasteiger partial charge in [-0.05, 0) is 29.1 Å². The van der Waals surface area contributed by atoms with Crippen molar-refractivity contribution >= 4 is 22.9 Å². The lowest BCUT2D eigenvalue weighted by atomic mass is 10.0. The molecule has 0 saturated heterocycles. The highest BCUT2D eigenvalue weighted by Gasteiger charge is 2.16. The molecule has 0 amide bonds. The van der Waals surface area contributed by atoms with Gasteiger partial charge in [0.1, 0.15) is 0 Å². The Morgan fingerprint density at radius 1 is 0.950 bits per heavy atom. The normalized spacial score (nSPS) is 10.7. The first-order valence-electron chi connectivity index (χ1n) is 5.81. The third kappa shape index (κ3) is 2.21. The highest BCUT2D eigenvalue weighted by atomic mass is 35.5. The van der Waals surface area contributed by atoms with Crippen LogP contribution in [0, 0.1) is 0 Å². The molecule has 2 N–H and O–H groups in total. The van der Waals surface area contributed by atoms with Crippen LogP contribution in [-0.4, -0.2) is 10.2 Å². The molecule has 6 heteroatoms. The number of nitrogens with one attached hydrogen (secondary N) is 2. The van der Waals surface area contributed by atoms with Crippen LogP contribution in [0.2, 0.25) is 5.02 Å². The second-order valence-electron chi connectivity index (χ2n) is 4.15. The van der Waals surface area contributed by atoms with Gasteiger partial charge in [-0.3, -0.25) is 19.8 Å². The van der Waals surface area contributed by atoms with Crippen LogP contribution in [-0.2, 0) is 0 Å². The smallest absolute Gasteiger partial charge is 0.267 e. The highest BCUT2D eigenvalue weighted by molar-refractivity contribution is 7.13. The van der Waals surface area contributed by atoms with E-state index in [-0.39, 0.29) is 11.1 Å². The summed E-state index contributed by atoms with van der Waals surface area (Å²) >= 11 is 7.37. The summed E-state index contributed by atoms with van der Waals surface area (Å²) in [5.41, 5.74) is 0.634. The van der Waals surface area contributed by atoms with Crippen molar-refractivity contribution in [2.45, 2.75) is 0 Å². The summed E-state index contributed by atoms with van der Waals surface area (Å²) in [7, 11) is 0. The Morgan fingerprint density at radius 2 is 1.70 bits per heavy atom. The number of benzene rings is 1. The maximum atomic E-state index is 12.1. The second kappa shape index (κ2) is 5.11. The molecule has 2 aromatic heterocycles. The van der Waals surface area contributed by atoms with Crippen molar-refractivity contribution in [3.8, 4) is 21.6 Å². The number of halogens is 1. The zero-order chi connectivity index (χ0) is 14.1. The van der Waals surface area contributed by atoms with Gasteiger partial charge >= 0.3 is 0 Å². The Morgan fingerprint density at radius 3 is 2.35 bits per heavy atom. The van der Waals surface area contributed by atoms with Crippen molar-refractivity contribution in [3.05, 3.63) is 67.5 Å². The fraction of sp³-hybridized carbons (Fsp3) is 0. The van der Waals surface area contributed by atoms with E-state index in [1.807, 2.05) is 17.5 Å². The van der Waals surface area contributed by atoms with Crippen LogP contribution in [0.15, 0.2) is 51.4 Å². The average molecular weight is 305 g/mol. The third-order valence-electron chi connectivity index (χ3n) is 2.87. The molecule has 3 rings (SSSR count). The van der Waals surface area contributed by atoms with Gasteiger partial charge in [-0.2, -0.15) is 0 Å². The molecule has 0 saturated carbocycles. The fourth-order valence-electron chi connectivity index (χ4n) is 2.04. The molecule has 4 nitrogen and oxygen atoms in total. The van der Waals surface area contributed by atoms with Gasteiger partial charge < -0.3 is 0 Å². The number of aromatic nitrogens is 2. The van der Waals surface area contributed by atoms with Gasteiger partial charge in [0.2, 0.25) is 0 Å². The number of rotatable bonds is 2. The van der Waals surface area contributed by atoms with Gasteiger partial charge in [-0.1, -0.05) is 29.8 Å². The molecule has 0 atom stereocenters. The molecule has 20 heavy (non-hydrogen) atoms. The van der Waals surface area contributed by atoms with E-state index in [2.05, 4.69) is 10.2 Å². The summed E-state index contributed by atoms with van der Waals surface area (Å²) < 4.78 is 0. The first-order chi connectivity index (χ1) is 9.66. The van der Waals surface area contributed by atoms with Crippen molar-refractivity contribution < 1.29 is 0 Å². The van der Waals surface area contributed by atoms with Crippen molar-refractivity contribution in [2.24, 2.45) is 0 Å². The molecule has 0 radical (unpaired) electrons. The van der Waals surface area contributed by atoms with Crippen molar-refractivity contribution in [2.75, 3.05) is 0 Å². The van der Waals surface area contributed by atoms with E-state index < -0.39 is 0 Å². The van der Waals surface area contributed by atoms with E-state index in [9.17, 15) is 9.59 Å². The van der Waals surface area contributed by atoms with Crippen molar-refractivity contribution in [1.29, 1.82) is 0 Å². The van der Waals surface area contributed by atoms with Crippen LogP contribution in [0.1, 0.15) is 0 Å². The van der Waals surface area contributed by atoms with Crippen molar-refractivity contribution in [3.63, 3.8) is 0 Å². The minimum Gasteiger partial charge on any atom is -0.267 e. The lowest BCUT2D eigenvalue weighted by Crippen LogP contribution is -2.22. The monoisotopic (exact) mass is 304 g/mol. The number of H-pyrrole nitrogens is 2. The molecule has 0 bridgehead atoms. The Kier molecular flexibility index (Phi) is 3.30. The minimum absolute atomic E-state index is 0.331. The summed E-state index contributed by atoms with van der Waals surface area (Å²) in [6, 6.07) is 10.5. The minimum atomic E-state index is -0.352. The van der Waals surface area contributed by atoms with Gasteiger partial charge in [-0.15, -0.1) is 11.3 Å². The Bertz CT molecular complexity index is 865. The number of hydrogen-bond acceptors (Lipinski definition) is 3. The van der Waals surface area contributed by atoms with Gasteiger partial charge in [0.15, 0.2) is 0 Å². The first-order valence-corrected chi connectivity index (χ1v) is 7.07. The predicted octanol–water partition coefficient (Wildman–Crippen LogP) is 3.11. The zero-order valence-electron chi connectivity index (χ0n) is 10.1.